The average Bonchev–Trinajstić information content (AvgIpc) is 2.68. The van der Waals surface area contributed by atoms with Crippen molar-refractivity contribution in [3.05, 3.63) is 46.8 Å². The van der Waals surface area contributed by atoms with Crippen LogP contribution < -0.4 is 4.74 Å². The third-order valence-electron chi connectivity index (χ3n) is 2.99. The fourth-order valence-electron chi connectivity index (χ4n) is 2.10. The molecule has 0 aliphatic rings. The molecule has 0 aliphatic heterocycles. The zero-order chi connectivity index (χ0) is 13.1. The molecule has 0 amide bonds. The van der Waals surface area contributed by atoms with Crippen molar-refractivity contribution < 1.29 is 4.74 Å². The van der Waals surface area contributed by atoms with E-state index in [0.29, 0.717) is 6.61 Å². The highest BCUT2D eigenvalue weighted by molar-refractivity contribution is 5.35. The predicted molar refractivity (Wildman–Crippen MR) is 72.9 cm³/mol. The summed E-state index contributed by atoms with van der Waals surface area (Å²) in [7, 11) is 0. The van der Waals surface area contributed by atoms with Gasteiger partial charge in [-0.15, -0.1) is 0 Å². The Morgan fingerprint density at radius 1 is 1.17 bits per heavy atom. The molecule has 3 heteroatoms. The lowest BCUT2D eigenvalue weighted by atomic mass is 10.1. The number of aromatic nitrogens is 2. The molecular formula is C15H20N2O. The molecule has 0 radical (unpaired) electrons. The van der Waals surface area contributed by atoms with Crippen LogP contribution in [0.4, 0.5) is 0 Å². The Hall–Kier alpha value is -1.77. The Labute approximate surface area is 108 Å². The molecule has 1 aromatic carbocycles. The number of ether oxygens (including phenoxy) is 1. The first-order valence-corrected chi connectivity index (χ1v) is 6.33. The van der Waals surface area contributed by atoms with Gasteiger partial charge < -0.3 is 4.74 Å². The molecule has 0 N–H and O–H groups in total. The van der Waals surface area contributed by atoms with Gasteiger partial charge in [-0.05, 0) is 45.4 Å². The molecule has 1 aromatic heterocycles. The third kappa shape index (κ3) is 2.73. The van der Waals surface area contributed by atoms with Crippen molar-refractivity contribution in [1.82, 2.24) is 9.78 Å². The lowest BCUT2D eigenvalue weighted by Crippen LogP contribution is -2.06. The van der Waals surface area contributed by atoms with Crippen LogP contribution in [0.15, 0.2) is 24.3 Å². The quantitative estimate of drug-likeness (QED) is 0.824. The summed E-state index contributed by atoms with van der Waals surface area (Å²) in [4.78, 5) is 0. The molecule has 1 heterocycles. The Morgan fingerprint density at radius 2 is 1.94 bits per heavy atom. The molecule has 0 fully saturated rings. The van der Waals surface area contributed by atoms with E-state index in [9.17, 15) is 0 Å². The smallest absolute Gasteiger partial charge is 0.130 e. The van der Waals surface area contributed by atoms with E-state index >= 15 is 0 Å². The standard InChI is InChI=1S/C15H20N2O/c1-5-17-14(9-13(4)16-17)10-18-15-7-6-11(2)8-12(15)3/h6-9H,5,10H2,1-4H3. The Morgan fingerprint density at radius 3 is 2.61 bits per heavy atom. The number of aryl methyl sites for hydroxylation is 4. The summed E-state index contributed by atoms with van der Waals surface area (Å²) in [6.07, 6.45) is 0. The van der Waals surface area contributed by atoms with Crippen molar-refractivity contribution >= 4 is 0 Å². The lowest BCUT2D eigenvalue weighted by Gasteiger charge is -2.10. The van der Waals surface area contributed by atoms with Crippen LogP contribution in [0.25, 0.3) is 0 Å². The van der Waals surface area contributed by atoms with Crippen LogP contribution in [0, 0.1) is 20.8 Å². The van der Waals surface area contributed by atoms with Gasteiger partial charge >= 0.3 is 0 Å². The predicted octanol–water partition coefficient (Wildman–Crippen LogP) is 3.41. The molecule has 0 spiro atoms. The molecule has 2 aromatic rings. The molecule has 0 bridgehead atoms. The van der Waals surface area contributed by atoms with Crippen LogP contribution in [0.1, 0.15) is 29.4 Å². The van der Waals surface area contributed by atoms with Gasteiger partial charge in [0.2, 0.25) is 0 Å². The second kappa shape index (κ2) is 5.25. The van der Waals surface area contributed by atoms with Crippen molar-refractivity contribution in [2.24, 2.45) is 0 Å². The van der Waals surface area contributed by atoms with Crippen molar-refractivity contribution in [3.63, 3.8) is 0 Å². The van der Waals surface area contributed by atoms with E-state index in [1.165, 1.54) is 11.1 Å². The Kier molecular flexibility index (Phi) is 3.70. The summed E-state index contributed by atoms with van der Waals surface area (Å²) >= 11 is 0. The molecule has 0 saturated carbocycles. The van der Waals surface area contributed by atoms with Crippen LogP contribution in [0.2, 0.25) is 0 Å². The number of hydrogen-bond donors (Lipinski definition) is 0. The van der Waals surface area contributed by atoms with Gasteiger partial charge in [-0.25, -0.2) is 0 Å². The summed E-state index contributed by atoms with van der Waals surface area (Å²) in [5.74, 6) is 0.946. The van der Waals surface area contributed by atoms with E-state index in [1.54, 1.807) is 0 Å². The van der Waals surface area contributed by atoms with Crippen LogP contribution in [0.5, 0.6) is 5.75 Å². The highest BCUT2D eigenvalue weighted by Gasteiger charge is 2.06. The topological polar surface area (TPSA) is 27.1 Å². The van der Waals surface area contributed by atoms with Gasteiger partial charge in [0, 0.05) is 6.54 Å². The molecular weight excluding hydrogens is 224 g/mol. The zero-order valence-corrected chi connectivity index (χ0v) is 11.5. The molecule has 0 saturated heterocycles. The largest absolute Gasteiger partial charge is 0.487 e. The fraction of sp³-hybridized carbons (Fsp3) is 0.400. The number of hydrogen-bond acceptors (Lipinski definition) is 2. The molecule has 96 valence electrons. The van der Waals surface area contributed by atoms with Crippen LogP contribution >= 0.6 is 0 Å². The molecule has 0 unspecified atom stereocenters. The van der Waals surface area contributed by atoms with E-state index in [0.717, 1.165) is 23.7 Å². The molecule has 18 heavy (non-hydrogen) atoms. The third-order valence-corrected chi connectivity index (χ3v) is 2.99. The van der Waals surface area contributed by atoms with Crippen molar-refractivity contribution in [2.45, 2.75) is 40.8 Å². The number of benzene rings is 1. The second-order valence-electron chi connectivity index (χ2n) is 4.65. The maximum atomic E-state index is 5.87. The Bertz CT molecular complexity index is 543. The second-order valence-corrected chi connectivity index (χ2v) is 4.65. The van der Waals surface area contributed by atoms with E-state index in [1.807, 2.05) is 17.7 Å². The lowest BCUT2D eigenvalue weighted by molar-refractivity contribution is 0.290. The summed E-state index contributed by atoms with van der Waals surface area (Å²) < 4.78 is 7.86. The molecule has 3 nitrogen and oxygen atoms in total. The Balaban J connectivity index is 2.11. The monoisotopic (exact) mass is 244 g/mol. The minimum atomic E-state index is 0.568. The van der Waals surface area contributed by atoms with Gasteiger partial charge in [0.25, 0.3) is 0 Å². The maximum absolute atomic E-state index is 5.87. The summed E-state index contributed by atoms with van der Waals surface area (Å²) in [5.41, 5.74) is 4.59. The molecule has 0 atom stereocenters. The van der Waals surface area contributed by atoms with Crippen molar-refractivity contribution in [2.75, 3.05) is 0 Å². The van der Waals surface area contributed by atoms with Crippen molar-refractivity contribution in [3.8, 4) is 5.75 Å². The van der Waals surface area contributed by atoms with E-state index in [2.05, 4.69) is 44.1 Å². The maximum Gasteiger partial charge on any atom is 0.130 e. The fourth-order valence-corrected chi connectivity index (χ4v) is 2.10. The van der Waals surface area contributed by atoms with Crippen LogP contribution in [0.3, 0.4) is 0 Å². The minimum absolute atomic E-state index is 0.568. The van der Waals surface area contributed by atoms with Gasteiger partial charge in [-0.3, -0.25) is 4.68 Å². The minimum Gasteiger partial charge on any atom is -0.487 e. The number of rotatable bonds is 4. The normalized spacial score (nSPS) is 10.7. The van der Waals surface area contributed by atoms with Gasteiger partial charge in [0.15, 0.2) is 0 Å². The van der Waals surface area contributed by atoms with Gasteiger partial charge in [0.05, 0.1) is 11.4 Å². The van der Waals surface area contributed by atoms with E-state index < -0.39 is 0 Å². The van der Waals surface area contributed by atoms with E-state index in [-0.39, 0.29) is 0 Å². The van der Waals surface area contributed by atoms with Crippen LogP contribution in [-0.4, -0.2) is 9.78 Å². The van der Waals surface area contributed by atoms with Crippen LogP contribution in [-0.2, 0) is 13.2 Å². The van der Waals surface area contributed by atoms with Crippen molar-refractivity contribution in [1.29, 1.82) is 0 Å². The highest BCUT2D eigenvalue weighted by atomic mass is 16.5. The summed E-state index contributed by atoms with van der Waals surface area (Å²) in [5, 5.41) is 4.41. The molecule has 2 rings (SSSR count). The van der Waals surface area contributed by atoms with Gasteiger partial charge in [0.1, 0.15) is 12.4 Å². The first-order valence-electron chi connectivity index (χ1n) is 6.33. The van der Waals surface area contributed by atoms with E-state index in [4.69, 9.17) is 4.74 Å². The average molecular weight is 244 g/mol. The number of nitrogens with zero attached hydrogens (tertiary/aromatic N) is 2. The zero-order valence-electron chi connectivity index (χ0n) is 11.5. The van der Waals surface area contributed by atoms with Gasteiger partial charge in [-0.2, -0.15) is 5.10 Å². The first-order chi connectivity index (χ1) is 8.60. The summed E-state index contributed by atoms with van der Waals surface area (Å²) in [6, 6.07) is 8.32. The first kappa shape index (κ1) is 12.7. The summed E-state index contributed by atoms with van der Waals surface area (Å²) in [6.45, 7) is 9.70. The highest BCUT2D eigenvalue weighted by Crippen LogP contribution is 2.20. The molecule has 0 aliphatic carbocycles. The van der Waals surface area contributed by atoms with Gasteiger partial charge in [-0.1, -0.05) is 17.7 Å². The SMILES string of the molecule is CCn1nc(C)cc1COc1ccc(C)cc1C.